The van der Waals surface area contributed by atoms with E-state index in [9.17, 15) is 14.0 Å². The number of fused-ring (bicyclic) bond motifs is 1. The Balaban J connectivity index is 1.72. The molecule has 1 aromatic heterocycles. The summed E-state index contributed by atoms with van der Waals surface area (Å²) >= 11 is 0. The highest BCUT2D eigenvalue weighted by Gasteiger charge is 2.49. The lowest BCUT2D eigenvalue weighted by Gasteiger charge is -2.19. The van der Waals surface area contributed by atoms with E-state index < -0.39 is 17.1 Å². The topological polar surface area (TPSA) is 62.3 Å². The van der Waals surface area contributed by atoms with Crippen LogP contribution >= 0.6 is 0 Å². The molecule has 0 saturated heterocycles. The molecule has 1 aliphatic heterocycles. The molecule has 1 aromatic carbocycles. The second-order valence-corrected chi connectivity index (χ2v) is 7.08. The highest BCUT2D eigenvalue weighted by Crippen LogP contribution is 2.48. The van der Waals surface area contributed by atoms with Crippen LogP contribution in [0.4, 0.5) is 15.8 Å². The van der Waals surface area contributed by atoms with E-state index in [1.807, 2.05) is 13.8 Å². The fourth-order valence-electron chi connectivity index (χ4n) is 3.27. The van der Waals surface area contributed by atoms with Gasteiger partial charge < -0.3 is 10.2 Å². The maximum absolute atomic E-state index is 14.6. The average Bonchev–Trinajstić information content (AvgIpc) is 3.40. The number of aromatic nitrogens is 1. The molecule has 6 heteroatoms. The fourth-order valence-corrected chi connectivity index (χ4v) is 3.27. The third-order valence-electron chi connectivity index (χ3n) is 4.86. The number of amides is 2. The summed E-state index contributed by atoms with van der Waals surface area (Å²) < 4.78 is 14.6. The highest BCUT2D eigenvalue weighted by molar-refractivity contribution is 6.10. The van der Waals surface area contributed by atoms with E-state index in [1.165, 1.54) is 12.3 Å². The summed E-state index contributed by atoms with van der Waals surface area (Å²) in [6.07, 6.45) is 4.89. The molecule has 0 radical (unpaired) electrons. The van der Waals surface area contributed by atoms with Gasteiger partial charge in [0.25, 0.3) is 5.91 Å². The van der Waals surface area contributed by atoms with E-state index in [2.05, 4.69) is 10.3 Å². The van der Waals surface area contributed by atoms with Gasteiger partial charge in [-0.25, -0.2) is 4.39 Å². The minimum Gasteiger partial charge on any atom is -0.319 e. The maximum atomic E-state index is 14.6. The van der Waals surface area contributed by atoms with E-state index in [-0.39, 0.29) is 17.6 Å². The quantitative estimate of drug-likeness (QED) is 0.934. The van der Waals surface area contributed by atoms with Crippen molar-refractivity contribution in [1.82, 2.24) is 4.98 Å². The number of benzene rings is 1. The third kappa shape index (κ3) is 2.49. The van der Waals surface area contributed by atoms with E-state index in [0.29, 0.717) is 16.8 Å². The number of halogens is 1. The summed E-state index contributed by atoms with van der Waals surface area (Å²) in [5.41, 5.74) is 1.02. The Morgan fingerprint density at radius 1 is 1.36 bits per heavy atom. The lowest BCUT2D eigenvalue weighted by Crippen LogP contribution is -2.37. The molecule has 4 rings (SSSR count). The Labute approximate surface area is 144 Å². The van der Waals surface area contributed by atoms with Crippen molar-refractivity contribution in [3.05, 3.63) is 53.6 Å². The van der Waals surface area contributed by atoms with E-state index >= 15 is 0 Å². The van der Waals surface area contributed by atoms with Gasteiger partial charge in [-0.05, 0) is 56.5 Å². The molecule has 128 valence electrons. The third-order valence-corrected chi connectivity index (χ3v) is 4.86. The van der Waals surface area contributed by atoms with Gasteiger partial charge in [0.1, 0.15) is 5.82 Å². The predicted molar refractivity (Wildman–Crippen MR) is 92.1 cm³/mol. The van der Waals surface area contributed by atoms with E-state index in [1.54, 1.807) is 29.3 Å². The van der Waals surface area contributed by atoms with Crippen LogP contribution < -0.4 is 10.2 Å². The van der Waals surface area contributed by atoms with Gasteiger partial charge >= 0.3 is 0 Å². The SMILES string of the molecule is CC1(C)C(=O)N(C2CC2)c2cc(NC(=O)c3cccnc3)c(F)cc21. The van der Waals surface area contributed by atoms with Crippen LogP contribution in [-0.2, 0) is 10.2 Å². The zero-order valence-corrected chi connectivity index (χ0v) is 14.0. The van der Waals surface area contributed by atoms with Crippen LogP contribution in [0.15, 0.2) is 36.7 Å². The molecule has 5 nitrogen and oxygen atoms in total. The van der Waals surface area contributed by atoms with Crippen molar-refractivity contribution in [2.24, 2.45) is 0 Å². The zero-order chi connectivity index (χ0) is 17.8. The van der Waals surface area contributed by atoms with Crippen LogP contribution in [0.25, 0.3) is 0 Å². The molecule has 0 unspecified atom stereocenters. The minimum absolute atomic E-state index is 0.0138. The second kappa shape index (κ2) is 5.37. The van der Waals surface area contributed by atoms with Gasteiger partial charge in [-0.2, -0.15) is 0 Å². The summed E-state index contributed by atoms with van der Waals surface area (Å²) in [6, 6.07) is 6.37. The van der Waals surface area contributed by atoms with Crippen molar-refractivity contribution in [1.29, 1.82) is 0 Å². The van der Waals surface area contributed by atoms with Crippen LogP contribution in [0.1, 0.15) is 42.6 Å². The molecular weight excluding hydrogens is 321 g/mol. The van der Waals surface area contributed by atoms with Gasteiger partial charge in [0.2, 0.25) is 5.91 Å². The molecule has 1 aliphatic carbocycles. The van der Waals surface area contributed by atoms with Gasteiger partial charge in [0.05, 0.1) is 22.4 Å². The molecule has 1 saturated carbocycles. The van der Waals surface area contributed by atoms with E-state index in [0.717, 1.165) is 12.8 Å². The van der Waals surface area contributed by atoms with Crippen LogP contribution in [0.5, 0.6) is 0 Å². The van der Waals surface area contributed by atoms with Crippen molar-refractivity contribution in [3.63, 3.8) is 0 Å². The van der Waals surface area contributed by atoms with Crippen molar-refractivity contribution in [2.75, 3.05) is 10.2 Å². The number of rotatable bonds is 3. The molecule has 0 spiro atoms. The first-order valence-corrected chi connectivity index (χ1v) is 8.28. The lowest BCUT2D eigenvalue weighted by atomic mass is 9.86. The van der Waals surface area contributed by atoms with Crippen LogP contribution in [-0.4, -0.2) is 22.8 Å². The number of nitrogens with zero attached hydrogens (tertiary/aromatic N) is 2. The Morgan fingerprint density at radius 2 is 2.12 bits per heavy atom. The van der Waals surface area contributed by atoms with Crippen molar-refractivity contribution < 1.29 is 14.0 Å². The molecule has 2 aliphatic rings. The van der Waals surface area contributed by atoms with Gasteiger partial charge in [-0.15, -0.1) is 0 Å². The molecule has 25 heavy (non-hydrogen) atoms. The summed E-state index contributed by atoms with van der Waals surface area (Å²) in [5, 5.41) is 2.59. The van der Waals surface area contributed by atoms with Gasteiger partial charge in [-0.3, -0.25) is 14.6 Å². The molecule has 0 atom stereocenters. The number of hydrogen-bond acceptors (Lipinski definition) is 3. The number of pyridine rings is 1. The minimum atomic E-state index is -0.759. The molecule has 2 amide bonds. The smallest absolute Gasteiger partial charge is 0.257 e. The first-order chi connectivity index (χ1) is 11.9. The first-order valence-electron chi connectivity index (χ1n) is 8.28. The lowest BCUT2D eigenvalue weighted by molar-refractivity contribution is -0.122. The number of hydrogen-bond donors (Lipinski definition) is 1. The number of carbonyl (C=O) groups excluding carboxylic acids is 2. The standard InChI is InChI=1S/C19H18FN3O2/c1-19(2)13-8-14(20)15(22-17(24)11-4-3-7-21-10-11)9-16(13)23(18(19)25)12-5-6-12/h3-4,7-10,12H,5-6H2,1-2H3,(H,22,24). The van der Waals surface area contributed by atoms with Crippen LogP contribution in [0.3, 0.4) is 0 Å². The monoisotopic (exact) mass is 339 g/mol. The number of anilines is 2. The summed E-state index contributed by atoms with van der Waals surface area (Å²) in [4.78, 5) is 30.7. The fraction of sp³-hybridized carbons (Fsp3) is 0.316. The highest BCUT2D eigenvalue weighted by atomic mass is 19.1. The van der Waals surface area contributed by atoms with Crippen molar-refractivity contribution >= 4 is 23.2 Å². The average molecular weight is 339 g/mol. The normalized spacial score (nSPS) is 18.2. The summed E-state index contributed by atoms with van der Waals surface area (Å²) in [6.45, 7) is 3.62. The van der Waals surface area contributed by atoms with E-state index in [4.69, 9.17) is 0 Å². The largest absolute Gasteiger partial charge is 0.319 e. The van der Waals surface area contributed by atoms with Gasteiger partial charge in [0.15, 0.2) is 0 Å². The van der Waals surface area contributed by atoms with Crippen molar-refractivity contribution in [3.8, 4) is 0 Å². The molecule has 1 N–H and O–H groups in total. The number of nitrogens with one attached hydrogen (secondary N) is 1. The molecule has 0 bridgehead atoms. The Morgan fingerprint density at radius 3 is 2.76 bits per heavy atom. The second-order valence-electron chi connectivity index (χ2n) is 7.08. The molecule has 2 aromatic rings. The molecule has 1 fully saturated rings. The van der Waals surface area contributed by atoms with Gasteiger partial charge in [-0.1, -0.05) is 0 Å². The Kier molecular flexibility index (Phi) is 3.39. The van der Waals surface area contributed by atoms with Crippen LogP contribution in [0.2, 0.25) is 0 Å². The zero-order valence-electron chi connectivity index (χ0n) is 14.0. The Bertz CT molecular complexity index is 876. The van der Waals surface area contributed by atoms with Crippen LogP contribution in [0, 0.1) is 5.82 Å². The molecule has 2 heterocycles. The predicted octanol–water partition coefficient (Wildman–Crippen LogP) is 3.26. The summed E-state index contributed by atoms with van der Waals surface area (Å²) in [5.74, 6) is -0.997. The van der Waals surface area contributed by atoms with Gasteiger partial charge in [0, 0.05) is 18.4 Å². The molecular formula is C19H18FN3O2. The summed E-state index contributed by atoms with van der Waals surface area (Å²) in [7, 11) is 0. The number of carbonyl (C=O) groups is 2. The van der Waals surface area contributed by atoms with Crippen molar-refractivity contribution in [2.45, 2.75) is 38.1 Å². The Hall–Kier alpha value is -2.76. The maximum Gasteiger partial charge on any atom is 0.257 e. The first kappa shape index (κ1) is 15.7.